The van der Waals surface area contributed by atoms with Gasteiger partial charge in [-0.25, -0.2) is 13.1 Å². The Labute approximate surface area is 82.8 Å². The molecular weight excluding hydrogens is 206 g/mol. The predicted octanol–water partition coefficient (Wildman–Crippen LogP) is 1.68. The van der Waals surface area contributed by atoms with Crippen LogP contribution in [0.15, 0.2) is 21.7 Å². The van der Waals surface area contributed by atoms with E-state index in [9.17, 15) is 8.42 Å². The summed E-state index contributed by atoms with van der Waals surface area (Å²) < 4.78 is 25.9. The van der Waals surface area contributed by atoms with Gasteiger partial charge in [-0.15, -0.1) is 11.3 Å². The fourth-order valence-electron chi connectivity index (χ4n) is 0.764. The third-order valence-corrected chi connectivity index (χ3v) is 4.26. The molecule has 3 nitrogen and oxygen atoms in total. The molecule has 0 aliphatic heterocycles. The zero-order valence-corrected chi connectivity index (χ0v) is 9.28. The minimum absolute atomic E-state index is 0.328. The summed E-state index contributed by atoms with van der Waals surface area (Å²) in [7, 11) is -3.24. The molecule has 0 atom stereocenters. The highest BCUT2D eigenvalue weighted by atomic mass is 32.2. The van der Waals surface area contributed by atoms with Crippen LogP contribution in [0, 0.1) is 5.92 Å². The Morgan fingerprint density at radius 2 is 2.23 bits per heavy atom. The van der Waals surface area contributed by atoms with Crippen LogP contribution in [-0.2, 0) is 10.0 Å². The lowest BCUT2D eigenvalue weighted by Gasteiger charge is -2.06. The minimum Gasteiger partial charge on any atom is -0.210 e. The van der Waals surface area contributed by atoms with Crippen molar-refractivity contribution in [2.24, 2.45) is 5.92 Å². The van der Waals surface area contributed by atoms with Crippen LogP contribution >= 0.6 is 11.3 Å². The second kappa shape index (κ2) is 4.21. The molecule has 1 rings (SSSR count). The molecule has 0 amide bonds. The molecule has 13 heavy (non-hydrogen) atoms. The topological polar surface area (TPSA) is 46.2 Å². The van der Waals surface area contributed by atoms with Crippen molar-refractivity contribution in [3.8, 4) is 0 Å². The van der Waals surface area contributed by atoms with Crippen LogP contribution in [0.3, 0.4) is 0 Å². The van der Waals surface area contributed by atoms with Gasteiger partial charge in [0, 0.05) is 6.54 Å². The highest BCUT2D eigenvalue weighted by Gasteiger charge is 2.14. The zero-order chi connectivity index (χ0) is 9.90. The van der Waals surface area contributed by atoms with E-state index in [0.717, 1.165) is 0 Å². The van der Waals surface area contributed by atoms with E-state index in [1.165, 1.54) is 11.3 Å². The highest BCUT2D eigenvalue weighted by molar-refractivity contribution is 7.91. The largest absolute Gasteiger partial charge is 0.250 e. The Kier molecular flexibility index (Phi) is 3.47. The lowest BCUT2D eigenvalue weighted by molar-refractivity contribution is 0.562. The van der Waals surface area contributed by atoms with Gasteiger partial charge in [0.1, 0.15) is 4.21 Å². The van der Waals surface area contributed by atoms with E-state index in [1.54, 1.807) is 17.5 Å². The summed E-state index contributed by atoms with van der Waals surface area (Å²) in [6.45, 7) is 4.42. The van der Waals surface area contributed by atoms with Gasteiger partial charge < -0.3 is 0 Å². The second-order valence-electron chi connectivity index (χ2n) is 3.18. The Morgan fingerprint density at radius 1 is 1.54 bits per heavy atom. The summed E-state index contributed by atoms with van der Waals surface area (Å²) in [6.07, 6.45) is 0. The van der Waals surface area contributed by atoms with Crippen molar-refractivity contribution in [3.63, 3.8) is 0 Å². The zero-order valence-electron chi connectivity index (χ0n) is 7.65. The maximum atomic E-state index is 11.5. The van der Waals surface area contributed by atoms with Gasteiger partial charge in [0.2, 0.25) is 10.0 Å². The van der Waals surface area contributed by atoms with Crippen LogP contribution in [0.4, 0.5) is 0 Å². The molecule has 74 valence electrons. The van der Waals surface area contributed by atoms with Crippen molar-refractivity contribution in [1.82, 2.24) is 4.72 Å². The van der Waals surface area contributed by atoms with E-state index in [0.29, 0.717) is 16.7 Å². The SMILES string of the molecule is CC(C)CNS(=O)(=O)c1cccs1. The van der Waals surface area contributed by atoms with E-state index < -0.39 is 10.0 Å². The maximum Gasteiger partial charge on any atom is 0.250 e. The first-order chi connectivity index (χ1) is 6.02. The molecule has 1 N–H and O–H groups in total. The lowest BCUT2D eigenvalue weighted by atomic mass is 10.2. The van der Waals surface area contributed by atoms with Crippen LogP contribution in [0.5, 0.6) is 0 Å². The molecule has 0 spiro atoms. The summed E-state index contributed by atoms with van der Waals surface area (Å²) >= 11 is 1.23. The van der Waals surface area contributed by atoms with E-state index in [4.69, 9.17) is 0 Å². The monoisotopic (exact) mass is 219 g/mol. The Bertz CT molecular complexity index is 340. The third-order valence-electron chi connectivity index (χ3n) is 1.44. The molecule has 0 unspecified atom stereocenters. The first-order valence-corrected chi connectivity index (χ1v) is 6.42. The third kappa shape index (κ3) is 3.10. The van der Waals surface area contributed by atoms with Crippen LogP contribution in [0.2, 0.25) is 0 Å². The maximum absolute atomic E-state index is 11.5. The first-order valence-electron chi connectivity index (χ1n) is 4.05. The highest BCUT2D eigenvalue weighted by Crippen LogP contribution is 2.15. The summed E-state index contributed by atoms with van der Waals surface area (Å²) in [5.74, 6) is 0.328. The van der Waals surface area contributed by atoms with Crippen LogP contribution in [0.25, 0.3) is 0 Å². The fraction of sp³-hybridized carbons (Fsp3) is 0.500. The normalized spacial score (nSPS) is 12.2. The molecule has 0 fully saturated rings. The van der Waals surface area contributed by atoms with E-state index in [1.807, 2.05) is 13.8 Å². The number of rotatable bonds is 4. The lowest BCUT2D eigenvalue weighted by Crippen LogP contribution is -2.26. The van der Waals surface area contributed by atoms with Crippen molar-refractivity contribution >= 4 is 21.4 Å². The molecule has 1 aromatic heterocycles. The van der Waals surface area contributed by atoms with Gasteiger partial charge in [0.15, 0.2) is 0 Å². The van der Waals surface area contributed by atoms with Crippen molar-refractivity contribution in [2.45, 2.75) is 18.1 Å². The molecule has 5 heteroatoms. The standard InChI is InChI=1S/C8H13NO2S2/c1-7(2)6-9-13(10,11)8-4-3-5-12-8/h3-5,7,9H,6H2,1-2H3. The van der Waals surface area contributed by atoms with Gasteiger partial charge in [0.05, 0.1) is 0 Å². The van der Waals surface area contributed by atoms with Crippen LogP contribution in [0.1, 0.15) is 13.8 Å². The molecule has 0 saturated carbocycles. The summed E-state index contributed by atoms with van der Waals surface area (Å²) in [5, 5.41) is 1.75. The number of hydrogen-bond acceptors (Lipinski definition) is 3. The molecule has 0 bridgehead atoms. The van der Waals surface area contributed by atoms with Gasteiger partial charge in [-0.2, -0.15) is 0 Å². The van der Waals surface area contributed by atoms with Gasteiger partial charge >= 0.3 is 0 Å². The van der Waals surface area contributed by atoms with Crippen molar-refractivity contribution in [3.05, 3.63) is 17.5 Å². The van der Waals surface area contributed by atoms with Gasteiger partial charge in [-0.05, 0) is 17.4 Å². The molecule has 1 aromatic rings. The van der Waals surface area contributed by atoms with Crippen molar-refractivity contribution < 1.29 is 8.42 Å². The predicted molar refractivity (Wildman–Crippen MR) is 54.3 cm³/mol. The smallest absolute Gasteiger partial charge is 0.210 e. The molecule has 0 aliphatic rings. The average Bonchev–Trinajstić information content (AvgIpc) is 2.53. The Balaban J connectivity index is 2.68. The number of nitrogens with one attached hydrogen (secondary N) is 1. The number of thiophene rings is 1. The molecular formula is C8H13NO2S2. The molecule has 0 aliphatic carbocycles. The summed E-state index contributed by atoms with van der Waals surface area (Å²) in [6, 6.07) is 3.34. The Morgan fingerprint density at radius 3 is 2.69 bits per heavy atom. The molecule has 0 aromatic carbocycles. The average molecular weight is 219 g/mol. The van der Waals surface area contributed by atoms with E-state index >= 15 is 0 Å². The van der Waals surface area contributed by atoms with Gasteiger partial charge in [-0.3, -0.25) is 0 Å². The fourth-order valence-corrected chi connectivity index (χ4v) is 3.02. The molecule has 1 heterocycles. The van der Waals surface area contributed by atoms with Crippen molar-refractivity contribution in [1.29, 1.82) is 0 Å². The minimum atomic E-state index is -3.24. The quantitative estimate of drug-likeness (QED) is 0.837. The molecule has 0 radical (unpaired) electrons. The van der Waals surface area contributed by atoms with E-state index in [-0.39, 0.29) is 0 Å². The Hall–Kier alpha value is -0.390. The summed E-state index contributed by atoms with van der Waals surface area (Å²) in [5.41, 5.74) is 0. The van der Waals surface area contributed by atoms with Crippen molar-refractivity contribution in [2.75, 3.05) is 6.54 Å². The first kappa shape index (κ1) is 10.7. The van der Waals surface area contributed by atoms with Crippen LogP contribution in [-0.4, -0.2) is 15.0 Å². The van der Waals surface area contributed by atoms with Gasteiger partial charge in [0.25, 0.3) is 0 Å². The van der Waals surface area contributed by atoms with Crippen LogP contribution < -0.4 is 4.72 Å². The number of hydrogen-bond donors (Lipinski definition) is 1. The molecule has 0 saturated heterocycles. The summed E-state index contributed by atoms with van der Waals surface area (Å²) in [4.78, 5) is 0. The number of sulfonamides is 1. The second-order valence-corrected chi connectivity index (χ2v) is 6.12. The van der Waals surface area contributed by atoms with Gasteiger partial charge in [-0.1, -0.05) is 19.9 Å². The van der Waals surface area contributed by atoms with E-state index in [2.05, 4.69) is 4.72 Å².